The Balaban J connectivity index is 1.57. The largest absolute Gasteiger partial charge is 0.377 e. The molecular formula is C22H24N4O2S. The van der Waals surface area contributed by atoms with Gasteiger partial charge >= 0.3 is 0 Å². The third-order valence-electron chi connectivity index (χ3n) is 5.93. The van der Waals surface area contributed by atoms with E-state index in [1.807, 2.05) is 31.1 Å². The van der Waals surface area contributed by atoms with Crippen LogP contribution >= 0.6 is 11.3 Å². The average molecular weight is 409 g/mol. The Labute approximate surface area is 173 Å². The molecule has 0 saturated heterocycles. The van der Waals surface area contributed by atoms with Crippen molar-refractivity contribution in [3.63, 3.8) is 0 Å². The number of aromatic nitrogens is 3. The number of hydrogen-bond donors (Lipinski definition) is 0. The highest BCUT2D eigenvalue weighted by molar-refractivity contribution is 7.25. The third kappa shape index (κ3) is 2.83. The molecule has 3 aromatic heterocycles. The Morgan fingerprint density at radius 3 is 2.97 bits per heavy atom. The Kier molecular flexibility index (Phi) is 4.15. The summed E-state index contributed by atoms with van der Waals surface area (Å²) < 4.78 is 8.51. The van der Waals surface area contributed by atoms with Crippen LogP contribution < -0.4 is 10.5 Å². The van der Waals surface area contributed by atoms with Crippen LogP contribution in [0.1, 0.15) is 26.7 Å². The van der Waals surface area contributed by atoms with Crippen LogP contribution in [0.15, 0.2) is 41.6 Å². The first-order chi connectivity index (χ1) is 13.9. The zero-order chi connectivity index (χ0) is 20.3. The van der Waals surface area contributed by atoms with E-state index in [0.717, 1.165) is 40.0 Å². The van der Waals surface area contributed by atoms with Gasteiger partial charge in [-0.1, -0.05) is 19.1 Å². The van der Waals surface area contributed by atoms with E-state index in [1.165, 1.54) is 11.3 Å². The van der Waals surface area contributed by atoms with Gasteiger partial charge in [-0.25, -0.2) is 9.97 Å². The van der Waals surface area contributed by atoms with Gasteiger partial charge in [0.25, 0.3) is 5.56 Å². The van der Waals surface area contributed by atoms with E-state index in [4.69, 9.17) is 4.74 Å². The molecule has 5 rings (SSSR count). The number of thiophene rings is 1. The Morgan fingerprint density at radius 2 is 2.24 bits per heavy atom. The zero-order valence-corrected chi connectivity index (χ0v) is 17.9. The molecule has 150 valence electrons. The topological polar surface area (TPSA) is 60.2 Å². The number of fused-ring (bicyclic) bond motifs is 4. The van der Waals surface area contributed by atoms with Gasteiger partial charge in [0.15, 0.2) is 0 Å². The van der Waals surface area contributed by atoms with Gasteiger partial charge in [0.1, 0.15) is 15.9 Å². The van der Waals surface area contributed by atoms with Crippen LogP contribution in [0, 0.1) is 5.92 Å². The highest BCUT2D eigenvalue weighted by atomic mass is 32.1. The van der Waals surface area contributed by atoms with Crippen molar-refractivity contribution in [3.8, 4) is 0 Å². The molecule has 3 heterocycles. The number of allylic oxidation sites excluding steroid dienone is 2. The number of nitrogens with zero attached hydrogens (tertiary/aromatic N) is 4. The lowest BCUT2D eigenvalue weighted by molar-refractivity contribution is -0.000118. The van der Waals surface area contributed by atoms with Gasteiger partial charge in [-0.05, 0) is 31.9 Å². The van der Waals surface area contributed by atoms with E-state index in [-0.39, 0.29) is 17.3 Å². The van der Waals surface area contributed by atoms with Gasteiger partial charge in [-0.2, -0.15) is 0 Å². The van der Waals surface area contributed by atoms with Crippen molar-refractivity contribution >= 4 is 43.2 Å². The van der Waals surface area contributed by atoms with Crippen LogP contribution in [-0.2, 0) is 4.74 Å². The molecular weight excluding hydrogens is 384 g/mol. The summed E-state index contributed by atoms with van der Waals surface area (Å²) >= 11 is 1.41. The summed E-state index contributed by atoms with van der Waals surface area (Å²) in [5.41, 5.74) is 2.39. The molecule has 7 heteroatoms. The van der Waals surface area contributed by atoms with E-state index in [0.29, 0.717) is 10.6 Å². The number of hydrogen-bond acceptors (Lipinski definition) is 6. The van der Waals surface area contributed by atoms with E-state index < -0.39 is 0 Å². The van der Waals surface area contributed by atoms with Crippen molar-refractivity contribution in [1.82, 2.24) is 14.5 Å². The minimum absolute atomic E-state index is 0.0467. The van der Waals surface area contributed by atoms with Crippen molar-refractivity contribution in [2.75, 3.05) is 19.0 Å². The third-order valence-corrected chi connectivity index (χ3v) is 7.01. The lowest BCUT2D eigenvalue weighted by Crippen LogP contribution is -2.24. The van der Waals surface area contributed by atoms with Crippen molar-refractivity contribution < 1.29 is 4.74 Å². The second-order valence-corrected chi connectivity index (χ2v) is 9.13. The van der Waals surface area contributed by atoms with Crippen LogP contribution in [-0.4, -0.2) is 40.3 Å². The summed E-state index contributed by atoms with van der Waals surface area (Å²) in [6.45, 7) is 4.24. The highest BCUT2D eigenvalue weighted by Crippen LogP contribution is 2.53. The second kappa shape index (κ2) is 6.50. The molecule has 0 spiro atoms. The van der Waals surface area contributed by atoms with Crippen LogP contribution in [0.2, 0.25) is 0 Å². The summed E-state index contributed by atoms with van der Waals surface area (Å²) in [4.78, 5) is 25.3. The number of ether oxygens (including phenoxy) is 1. The fraction of sp³-hybridized carbons (Fsp3) is 0.409. The average Bonchev–Trinajstić information content (AvgIpc) is 3.28. The van der Waals surface area contributed by atoms with Crippen LogP contribution in [0.5, 0.6) is 0 Å². The van der Waals surface area contributed by atoms with Crippen molar-refractivity contribution in [1.29, 1.82) is 0 Å². The SMILES string of the molecule is CCC(C)OC12C=CC(n3cnc4c(sc5nccc(N(C)C)c54)c3=O)=CC1C2. The summed E-state index contributed by atoms with van der Waals surface area (Å²) in [5.74, 6) is 0.323. The van der Waals surface area contributed by atoms with Gasteiger partial charge in [0, 0.05) is 31.9 Å². The molecule has 3 unspecified atom stereocenters. The number of anilines is 1. The number of rotatable bonds is 5. The molecule has 0 N–H and O–H groups in total. The van der Waals surface area contributed by atoms with Crippen molar-refractivity contribution in [3.05, 3.63) is 47.2 Å². The van der Waals surface area contributed by atoms with Crippen LogP contribution in [0.4, 0.5) is 5.69 Å². The van der Waals surface area contributed by atoms with E-state index in [9.17, 15) is 4.79 Å². The molecule has 0 aliphatic heterocycles. The fourth-order valence-corrected chi connectivity index (χ4v) is 5.10. The van der Waals surface area contributed by atoms with Crippen molar-refractivity contribution in [2.24, 2.45) is 5.92 Å². The quantitative estimate of drug-likeness (QED) is 0.637. The molecule has 3 atom stereocenters. The smallest absolute Gasteiger partial charge is 0.275 e. The predicted octanol–water partition coefficient (Wildman–Crippen LogP) is 4.06. The molecule has 0 radical (unpaired) electrons. The predicted molar refractivity (Wildman–Crippen MR) is 119 cm³/mol. The lowest BCUT2D eigenvalue weighted by Gasteiger charge is -2.22. The van der Waals surface area contributed by atoms with E-state index in [2.05, 4.69) is 36.0 Å². The van der Waals surface area contributed by atoms with E-state index in [1.54, 1.807) is 17.1 Å². The van der Waals surface area contributed by atoms with Gasteiger partial charge in [0.2, 0.25) is 0 Å². The summed E-state index contributed by atoms with van der Waals surface area (Å²) in [6.07, 6.45) is 11.9. The summed E-state index contributed by atoms with van der Waals surface area (Å²) in [5, 5.41) is 0.943. The normalized spacial score (nSPS) is 23.9. The minimum Gasteiger partial charge on any atom is -0.377 e. The Morgan fingerprint density at radius 1 is 1.41 bits per heavy atom. The van der Waals surface area contributed by atoms with Gasteiger partial charge in [-0.15, -0.1) is 11.3 Å². The molecule has 0 amide bonds. The first kappa shape index (κ1) is 18.5. The standard InChI is InChI=1S/C22H24N4O2S/c1-5-13(2)28-22-8-6-15(10-14(22)11-22)26-12-24-18-17-16(25(3)4)7-9-23-20(17)29-19(18)21(26)27/h6-10,12-14H,5,11H2,1-4H3. The zero-order valence-electron chi connectivity index (χ0n) is 17.0. The van der Waals surface area contributed by atoms with Gasteiger partial charge < -0.3 is 9.64 Å². The maximum atomic E-state index is 13.3. The first-order valence-corrected chi connectivity index (χ1v) is 10.8. The molecule has 0 aromatic carbocycles. The van der Waals surface area contributed by atoms with Crippen LogP contribution in [0.3, 0.4) is 0 Å². The lowest BCUT2D eigenvalue weighted by atomic mass is 10.1. The maximum absolute atomic E-state index is 13.3. The molecule has 1 saturated carbocycles. The molecule has 6 nitrogen and oxygen atoms in total. The highest BCUT2D eigenvalue weighted by Gasteiger charge is 2.54. The Bertz CT molecular complexity index is 1240. The van der Waals surface area contributed by atoms with Crippen molar-refractivity contribution in [2.45, 2.75) is 38.4 Å². The first-order valence-electron chi connectivity index (χ1n) is 9.99. The van der Waals surface area contributed by atoms with E-state index >= 15 is 0 Å². The molecule has 3 aromatic rings. The molecule has 0 bridgehead atoms. The molecule has 2 aliphatic rings. The van der Waals surface area contributed by atoms with Gasteiger partial charge in [0.05, 0.1) is 28.3 Å². The molecule has 29 heavy (non-hydrogen) atoms. The van der Waals surface area contributed by atoms with Gasteiger partial charge in [-0.3, -0.25) is 9.36 Å². The molecule has 2 aliphatic carbocycles. The second-order valence-electron chi connectivity index (χ2n) is 8.13. The number of pyridine rings is 1. The Hall–Kier alpha value is -2.51. The minimum atomic E-state index is -0.178. The monoisotopic (exact) mass is 408 g/mol. The molecule has 1 fully saturated rings. The maximum Gasteiger partial charge on any atom is 0.275 e. The summed E-state index contributed by atoms with van der Waals surface area (Å²) in [7, 11) is 3.97. The fourth-order valence-electron chi connectivity index (χ4n) is 4.05. The summed E-state index contributed by atoms with van der Waals surface area (Å²) in [6, 6.07) is 1.96. The van der Waals surface area contributed by atoms with Crippen LogP contribution in [0.25, 0.3) is 26.1 Å².